The summed E-state index contributed by atoms with van der Waals surface area (Å²) in [7, 11) is 0. The number of nitrogens with one attached hydrogen (secondary N) is 1. The molecule has 0 aromatic carbocycles. The van der Waals surface area contributed by atoms with Crippen molar-refractivity contribution in [2.45, 2.75) is 58.9 Å². The van der Waals surface area contributed by atoms with Crippen LogP contribution >= 0.6 is 0 Å². The van der Waals surface area contributed by atoms with Gasteiger partial charge < -0.3 is 5.32 Å². The molecule has 0 saturated carbocycles. The molecular weight excluding hydrogens is 158 g/mol. The van der Waals surface area contributed by atoms with Crippen molar-refractivity contribution < 1.29 is 0 Å². The van der Waals surface area contributed by atoms with E-state index in [0.29, 0.717) is 0 Å². The zero-order valence-electron chi connectivity index (χ0n) is 9.47. The molecule has 13 heavy (non-hydrogen) atoms. The molecule has 3 atom stereocenters. The molecule has 1 aliphatic heterocycles. The molecule has 78 valence electrons. The summed E-state index contributed by atoms with van der Waals surface area (Å²) < 4.78 is 0. The fourth-order valence-corrected chi connectivity index (χ4v) is 2.47. The first-order chi connectivity index (χ1) is 6.24. The van der Waals surface area contributed by atoms with Crippen LogP contribution in [-0.4, -0.2) is 12.6 Å². The van der Waals surface area contributed by atoms with Crippen molar-refractivity contribution in [3.05, 3.63) is 0 Å². The van der Waals surface area contributed by atoms with Gasteiger partial charge in [-0.3, -0.25) is 0 Å². The molecule has 1 heteroatoms. The summed E-state index contributed by atoms with van der Waals surface area (Å²) in [5.41, 5.74) is 0. The van der Waals surface area contributed by atoms with Gasteiger partial charge in [0.1, 0.15) is 0 Å². The van der Waals surface area contributed by atoms with Gasteiger partial charge in [-0.05, 0) is 37.6 Å². The van der Waals surface area contributed by atoms with Crippen LogP contribution in [0.25, 0.3) is 0 Å². The zero-order valence-corrected chi connectivity index (χ0v) is 9.47. The Morgan fingerprint density at radius 1 is 1.46 bits per heavy atom. The van der Waals surface area contributed by atoms with Crippen LogP contribution in [0.3, 0.4) is 0 Å². The Morgan fingerprint density at radius 2 is 2.23 bits per heavy atom. The van der Waals surface area contributed by atoms with E-state index in [1.54, 1.807) is 0 Å². The molecule has 0 aromatic heterocycles. The van der Waals surface area contributed by atoms with Crippen molar-refractivity contribution in [3.8, 4) is 0 Å². The van der Waals surface area contributed by atoms with Gasteiger partial charge in [-0.15, -0.1) is 0 Å². The molecule has 0 aliphatic carbocycles. The van der Waals surface area contributed by atoms with Crippen molar-refractivity contribution >= 4 is 0 Å². The topological polar surface area (TPSA) is 12.0 Å². The van der Waals surface area contributed by atoms with Crippen molar-refractivity contribution in [1.82, 2.24) is 5.32 Å². The van der Waals surface area contributed by atoms with Gasteiger partial charge in [0.05, 0.1) is 0 Å². The molecule has 1 saturated heterocycles. The fourth-order valence-electron chi connectivity index (χ4n) is 2.47. The smallest absolute Gasteiger partial charge is 0.00952 e. The monoisotopic (exact) mass is 183 g/mol. The summed E-state index contributed by atoms with van der Waals surface area (Å²) in [5.74, 6) is 1.80. The van der Waals surface area contributed by atoms with Crippen LogP contribution in [0.4, 0.5) is 0 Å². The lowest BCUT2D eigenvalue weighted by atomic mass is 9.85. The van der Waals surface area contributed by atoms with Crippen LogP contribution in [0.15, 0.2) is 0 Å². The minimum Gasteiger partial charge on any atom is -0.314 e. The summed E-state index contributed by atoms with van der Waals surface area (Å²) in [5, 5.41) is 3.66. The standard InChI is InChI=1S/C12H25N/c1-4-6-10(2)9-12-11(3)7-5-8-13-12/h10-13H,4-9H2,1-3H3. The third-order valence-corrected chi connectivity index (χ3v) is 3.37. The van der Waals surface area contributed by atoms with E-state index < -0.39 is 0 Å². The summed E-state index contributed by atoms with van der Waals surface area (Å²) in [6, 6.07) is 0.801. The highest BCUT2D eigenvalue weighted by atomic mass is 14.9. The molecule has 3 unspecified atom stereocenters. The van der Waals surface area contributed by atoms with Crippen molar-refractivity contribution in [2.75, 3.05) is 6.54 Å². The molecule has 1 aliphatic rings. The Balaban J connectivity index is 2.25. The molecule has 0 spiro atoms. The lowest BCUT2D eigenvalue weighted by molar-refractivity contribution is 0.254. The van der Waals surface area contributed by atoms with Crippen molar-refractivity contribution in [3.63, 3.8) is 0 Å². The van der Waals surface area contributed by atoms with Crippen LogP contribution in [-0.2, 0) is 0 Å². The second kappa shape index (κ2) is 5.64. The summed E-state index contributed by atoms with van der Waals surface area (Å²) in [4.78, 5) is 0. The van der Waals surface area contributed by atoms with E-state index in [9.17, 15) is 0 Å². The number of hydrogen-bond acceptors (Lipinski definition) is 1. The third kappa shape index (κ3) is 3.68. The first-order valence-electron chi connectivity index (χ1n) is 5.97. The minimum atomic E-state index is 0.801. The molecule has 1 fully saturated rings. The first kappa shape index (κ1) is 11.0. The molecule has 1 rings (SSSR count). The Morgan fingerprint density at radius 3 is 2.85 bits per heavy atom. The lowest BCUT2D eigenvalue weighted by Gasteiger charge is -2.32. The number of piperidine rings is 1. The van der Waals surface area contributed by atoms with Gasteiger partial charge in [-0.25, -0.2) is 0 Å². The van der Waals surface area contributed by atoms with Gasteiger partial charge in [-0.1, -0.05) is 33.6 Å². The highest BCUT2D eigenvalue weighted by molar-refractivity contribution is 4.79. The van der Waals surface area contributed by atoms with E-state index in [0.717, 1.165) is 17.9 Å². The van der Waals surface area contributed by atoms with E-state index in [1.165, 1.54) is 38.6 Å². The molecule has 1 N–H and O–H groups in total. The number of rotatable bonds is 4. The van der Waals surface area contributed by atoms with Gasteiger partial charge in [0, 0.05) is 6.04 Å². The SMILES string of the molecule is CCCC(C)CC1NCCCC1C. The molecule has 0 bridgehead atoms. The second-order valence-corrected chi connectivity index (χ2v) is 4.81. The van der Waals surface area contributed by atoms with Gasteiger partial charge in [0.2, 0.25) is 0 Å². The van der Waals surface area contributed by atoms with E-state index in [1.807, 2.05) is 0 Å². The molecule has 0 amide bonds. The summed E-state index contributed by atoms with van der Waals surface area (Å²) >= 11 is 0. The molecule has 1 heterocycles. The van der Waals surface area contributed by atoms with Crippen molar-refractivity contribution in [2.24, 2.45) is 11.8 Å². The van der Waals surface area contributed by atoms with Gasteiger partial charge in [0.25, 0.3) is 0 Å². The predicted molar refractivity (Wildman–Crippen MR) is 58.9 cm³/mol. The van der Waals surface area contributed by atoms with Crippen LogP contribution in [0.1, 0.15) is 52.9 Å². The molecule has 0 aromatic rings. The maximum absolute atomic E-state index is 3.66. The largest absolute Gasteiger partial charge is 0.314 e. The van der Waals surface area contributed by atoms with Crippen LogP contribution in [0.5, 0.6) is 0 Å². The first-order valence-corrected chi connectivity index (χ1v) is 5.97. The van der Waals surface area contributed by atoms with Crippen LogP contribution in [0.2, 0.25) is 0 Å². The molecule has 0 radical (unpaired) electrons. The Kier molecular flexibility index (Phi) is 4.79. The van der Waals surface area contributed by atoms with E-state index in [4.69, 9.17) is 0 Å². The predicted octanol–water partition coefficient (Wildman–Crippen LogP) is 3.20. The highest BCUT2D eigenvalue weighted by Gasteiger charge is 2.21. The Bertz CT molecular complexity index is 133. The fraction of sp³-hybridized carbons (Fsp3) is 1.00. The average molecular weight is 183 g/mol. The second-order valence-electron chi connectivity index (χ2n) is 4.81. The number of hydrogen-bond donors (Lipinski definition) is 1. The van der Waals surface area contributed by atoms with Gasteiger partial charge in [-0.2, -0.15) is 0 Å². The lowest BCUT2D eigenvalue weighted by Crippen LogP contribution is -2.41. The maximum atomic E-state index is 3.66. The van der Waals surface area contributed by atoms with E-state index in [2.05, 4.69) is 26.1 Å². The minimum absolute atomic E-state index is 0.801. The van der Waals surface area contributed by atoms with Gasteiger partial charge in [0.15, 0.2) is 0 Å². The summed E-state index contributed by atoms with van der Waals surface area (Å²) in [6.07, 6.45) is 6.92. The molecule has 1 nitrogen and oxygen atoms in total. The van der Waals surface area contributed by atoms with Crippen LogP contribution in [0, 0.1) is 11.8 Å². The molecular formula is C12H25N. The Labute approximate surface area is 83.3 Å². The quantitative estimate of drug-likeness (QED) is 0.706. The van der Waals surface area contributed by atoms with E-state index >= 15 is 0 Å². The highest BCUT2D eigenvalue weighted by Crippen LogP contribution is 2.22. The zero-order chi connectivity index (χ0) is 9.68. The van der Waals surface area contributed by atoms with E-state index in [-0.39, 0.29) is 0 Å². The third-order valence-electron chi connectivity index (χ3n) is 3.37. The Hall–Kier alpha value is -0.0400. The van der Waals surface area contributed by atoms with Gasteiger partial charge >= 0.3 is 0 Å². The summed E-state index contributed by atoms with van der Waals surface area (Å²) in [6.45, 7) is 8.32. The van der Waals surface area contributed by atoms with Crippen molar-refractivity contribution in [1.29, 1.82) is 0 Å². The average Bonchev–Trinajstić information content (AvgIpc) is 2.09. The van der Waals surface area contributed by atoms with Crippen LogP contribution < -0.4 is 5.32 Å². The normalized spacial score (nSPS) is 31.6. The maximum Gasteiger partial charge on any atom is 0.00952 e.